The standard InChI is InChI=1S/C45H27N3O/c1-3-14-28(15-4-1)32-24-13-25-37-38-27-40(35-22-11-12-23-36(35)42(38)49-41(32)37)45-47-43(29-16-5-2-6-17-29)46-44(48-45)39-26-30-18-7-8-19-31(30)33-20-9-10-21-34(33)39/h1-27H. The van der Waals surface area contributed by atoms with E-state index in [0.29, 0.717) is 17.5 Å². The Bertz CT molecular complexity index is 2880. The molecule has 0 N–H and O–H groups in total. The number of hydrogen-bond donors (Lipinski definition) is 0. The van der Waals surface area contributed by atoms with Gasteiger partial charge in [-0.1, -0.05) is 152 Å². The van der Waals surface area contributed by atoms with Crippen LogP contribution in [0.15, 0.2) is 168 Å². The molecule has 10 rings (SSSR count). The van der Waals surface area contributed by atoms with Gasteiger partial charge in [-0.25, -0.2) is 15.0 Å². The van der Waals surface area contributed by atoms with E-state index in [4.69, 9.17) is 19.4 Å². The second kappa shape index (κ2) is 11.0. The molecule has 0 aliphatic carbocycles. The van der Waals surface area contributed by atoms with Gasteiger partial charge in [-0.05, 0) is 44.6 Å². The van der Waals surface area contributed by atoms with Crippen molar-refractivity contribution in [2.75, 3.05) is 0 Å². The van der Waals surface area contributed by atoms with Crippen LogP contribution in [0.25, 0.3) is 99.5 Å². The first-order valence-electron chi connectivity index (χ1n) is 16.5. The molecule has 4 heteroatoms. The lowest BCUT2D eigenvalue weighted by Crippen LogP contribution is -2.01. The SMILES string of the molecule is c1ccc(-c2nc(-c3cc4ccccc4c4ccccc34)nc(-c3cc4c5cccc(-c6ccccc6)c5oc4c4ccccc34)n2)cc1. The fourth-order valence-electron chi connectivity index (χ4n) is 7.22. The fourth-order valence-corrected chi connectivity index (χ4v) is 7.22. The minimum Gasteiger partial charge on any atom is -0.455 e. The monoisotopic (exact) mass is 625 g/mol. The summed E-state index contributed by atoms with van der Waals surface area (Å²) in [7, 11) is 0. The Hall–Kier alpha value is -6.65. The molecule has 0 aliphatic rings. The Balaban J connectivity index is 1.29. The Morgan fingerprint density at radius 2 is 0.816 bits per heavy atom. The highest BCUT2D eigenvalue weighted by molar-refractivity contribution is 6.20. The lowest BCUT2D eigenvalue weighted by atomic mass is 9.96. The van der Waals surface area contributed by atoms with Crippen molar-refractivity contribution in [3.63, 3.8) is 0 Å². The average molecular weight is 626 g/mol. The van der Waals surface area contributed by atoms with Gasteiger partial charge in [0.25, 0.3) is 0 Å². The van der Waals surface area contributed by atoms with Crippen LogP contribution in [0.1, 0.15) is 0 Å². The van der Waals surface area contributed by atoms with E-state index in [-0.39, 0.29) is 0 Å². The first-order valence-corrected chi connectivity index (χ1v) is 16.5. The van der Waals surface area contributed by atoms with E-state index in [1.165, 1.54) is 10.8 Å². The summed E-state index contributed by atoms with van der Waals surface area (Å²) in [6, 6.07) is 56.7. The summed E-state index contributed by atoms with van der Waals surface area (Å²) >= 11 is 0. The topological polar surface area (TPSA) is 51.8 Å². The molecular formula is C45H27N3O. The van der Waals surface area contributed by atoms with Crippen molar-refractivity contribution in [1.29, 1.82) is 0 Å². The second-order valence-electron chi connectivity index (χ2n) is 12.4. The summed E-state index contributed by atoms with van der Waals surface area (Å²) in [6.07, 6.45) is 0. The number of aromatic nitrogens is 3. The van der Waals surface area contributed by atoms with E-state index in [0.717, 1.165) is 71.3 Å². The van der Waals surface area contributed by atoms with Crippen LogP contribution in [-0.2, 0) is 0 Å². The van der Waals surface area contributed by atoms with E-state index >= 15 is 0 Å². The second-order valence-corrected chi connectivity index (χ2v) is 12.4. The Kier molecular flexibility index (Phi) is 6.15. The van der Waals surface area contributed by atoms with Gasteiger partial charge in [-0.15, -0.1) is 0 Å². The zero-order valence-corrected chi connectivity index (χ0v) is 26.3. The van der Waals surface area contributed by atoms with Gasteiger partial charge in [0.05, 0.1) is 0 Å². The maximum Gasteiger partial charge on any atom is 0.164 e. The first kappa shape index (κ1) is 27.5. The predicted molar refractivity (Wildman–Crippen MR) is 201 cm³/mol. The van der Waals surface area contributed by atoms with Crippen molar-refractivity contribution in [3.8, 4) is 45.3 Å². The Labute approximate surface area is 282 Å². The molecule has 0 atom stereocenters. The molecule has 49 heavy (non-hydrogen) atoms. The lowest BCUT2D eigenvalue weighted by Gasteiger charge is -2.13. The van der Waals surface area contributed by atoms with Crippen molar-refractivity contribution < 1.29 is 4.42 Å². The van der Waals surface area contributed by atoms with E-state index < -0.39 is 0 Å². The quantitative estimate of drug-likeness (QED) is 0.183. The lowest BCUT2D eigenvalue weighted by molar-refractivity contribution is 0.674. The summed E-state index contributed by atoms with van der Waals surface area (Å²) in [5.41, 5.74) is 6.75. The van der Waals surface area contributed by atoms with Crippen molar-refractivity contribution in [2.24, 2.45) is 0 Å². The van der Waals surface area contributed by atoms with Gasteiger partial charge in [0.2, 0.25) is 0 Å². The van der Waals surface area contributed by atoms with Crippen molar-refractivity contribution in [1.82, 2.24) is 15.0 Å². The van der Waals surface area contributed by atoms with Crippen LogP contribution in [0.3, 0.4) is 0 Å². The molecule has 4 nitrogen and oxygen atoms in total. The highest BCUT2D eigenvalue weighted by Crippen LogP contribution is 2.42. The fraction of sp³-hybridized carbons (Fsp3) is 0. The minimum atomic E-state index is 0.618. The molecule has 0 aliphatic heterocycles. The van der Waals surface area contributed by atoms with Gasteiger partial charge in [-0.3, -0.25) is 0 Å². The summed E-state index contributed by atoms with van der Waals surface area (Å²) < 4.78 is 6.76. The molecule has 8 aromatic carbocycles. The van der Waals surface area contributed by atoms with E-state index in [2.05, 4.69) is 140 Å². The maximum atomic E-state index is 6.76. The van der Waals surface area contributed by atoms with Gasteiger partial charge in [0, 0.05) is 38.4 Å². The Morgan fingerprint density at radius 1 is 0.306 bits per heavy atom. The van der Waals surface area contributed by atoms with Gasteiger partial charge >= 0.3 is 0 Å². The van der Waals surface area contributed by atoms with Crippen LogP contribution in [0.2, 0.25) is 0 Å². The molecule has 10 aromatic rings. The van der Waals surface area contributed by atoms with Crippen LogP contribution in [0, 0.1) is 0 Å². The smallest absolute Gasteiger partial charge is 0.164 e. The highest BCUT2D eigenvalue weighted by atomic mass is 16.3. The molecular weight excluding hydrogens is 599 g/mol. The largest absolute Gasteiger partial charge is 0.455 e. The zero-order valence-electron chi connectivity index (χ0n) is 26.3. The molecule has 0 unspecified atom stereocenters. The molecule has 0 saturated carbocycles. The van der Waals surface area contributed by atoms with Gasteiger partial charge in [-0.2, -0.15) is 0 Å². The van der Waals surface area contributed by atoms with Gasteiger partial charge in [0.1, 0.15) is 11.2 Å². The molecule has 0 spiro atoms. The molecule has 0 radical (unpaired) electrons. The summed E-state index contributed by atoms with van der Waals surface area (Å²) in [6.45, 7) is 0. The highest BCUT2D eigenvalue weighted by Gasteiger charge is 2.21. The summed E-state index contributed by atoms with van der Waals surface area (Å²) in [5.74, 6) is 1.89. The number of furan rings is 1. The van der Waals surface area contributed by atoms with E-state index in [9.17, 15) is 0 Å². The Morgan fingerprint density at radius 3 is 1.55 bits per heavy atom. The number of benzene rings is 8. The van der Waals surface area contributed by atoms with Crippen LogP contribution < -0.4 is 0 Å². The van der Waals surface area contributed by atoms with Crippen LogP contribution in [-0.4, -0.2) is 15.0 Å². The van der Waals surface area contributed by atoms with Crippen LogP contribution in [0.4, 0.5) is 0 Å². The van der Waals surface area contributed by atoms with Gasteiger partial charge < -0.3 is 4.42 Å². The normalized spacial score (nSPS) is 11.7. The number of hydrogen-bond acceptors (Lipinski definition) is 4. The third-order valence-electron chi connectivity index (χ3n) is 9.51. The van der Waals surface area contributed by atoms with E-state index in [1.807, 2.05) is 24.3 Å². The zero-order chi connectivity index (χ0) is 32.3. The molecule has 2 heterocycles. The van der Waals surface area contributed by atoms with E-state index in [1.54, 1.807) is 0 Å². The molecule has 0 fully saturated rings. The average Bonchev–Trinajstić information content (AvgIpc) is 3.57. The summed E-state index contributed by atoms with van der Waals surface area (Å²) in [4.78, 5) is 15.6. The molecule has 0 amide bonds. The maximum absolute atomic E-state index is 6.76. The molecule has 0 saturated heterocycles. The van der Waals surface area contributed by atoms with Gasteiger partial charge in [0.15, 0.2) is 17.5 Å². The van der Waals surface area contributed by atoms with Crippen LogP contribution in [0.5, 0.6) is 0 Å². The van der Waals surface area contributed by atoms with Crippen LogP contribution >= 0.6 is 0 Å². The summed E-state index contributed by atoms with van der Waals surface area (Å²) in [5, 5.41) is 8.75. The number of nitrogens with zero attached hydrogens (tertiary/aromatic N) is 3. The molecule has 0 bridgehead atoms. The van der Waals surface area contributed by atoms with Crippen molar-refractivity contribution in [2.45, 2.75) is 0 Å². The number of rotatable bonds is 4. The number of fused-ring (bicyclic) bond motifs is 8. The first-order chi connectivity index (χ1) is 24.3. The minimum absolute atomic E-state index is 0.618. The third kappa shape index (κ3) is 4.42. The van der Waals surface area contributed by atoms with Crippen molar-refractivity contribution in [3.05, 3.63) is 164 Å². The molecule has 2 aromatic heterocycles. The van der Waals surface area contributed by atoms with Crippen molar-refractivity contribution >= 4 is 54.3 Å². The number of para-hydroxylation sites is 1. The predicted octanol–water partition coefficient (Wildman–Crippen LogP) is 11.9. The third-order valence-corrected chi connectivity index (χ3v) is 9.51. The molecule has 228 valence electrons.